The van der Waals surface area contributed by atoms with Crippen molar-refractivity contribution in [2.24, 2.45) is 5.41 Å². The molecule has 0 aliphatic carbocycles. The summed E-state index contributed by atoms with van der Waals surface area (Å²) in [5, 5.41) is 9.68. The molecule has 3 rings (SSSR count). The zero-order valence-electron chi connectivity index (χ0n) is 21.2. The molecule has 1 aliphatic rings. The van der Waals surface area contributed by atoms with Crippen molar-refractivity contribution in [1.29, 1.82) is 0 Å². The molecular formula is C27H32Cl2FNO5S. The zero-order valence-corrected chi connectivity index (χ0v) is 23.6. The molecule has 0 radical (unpaired) electrons. The molecular weight excluding hydrogens is 540 g/mol. The van der Waals surface area contributed by atoms with E-state index in [1.807, 2.05) is 0 Å². The molecule has 1 fully saturated rings. The topological polar surface area (TPSA) is 91.8 Å². The van der Waals surface area contributed by atoms with E-state index in [0.29, 0.717) is 22.6 Å². The van der Waals surface area contributed by atoms with Crippen LogP contribution in [0.15, 0.2) is 42.5 Å². The fourth-order valence-corrected chi connectivity index (χ4v) is 6.86. The number of nitrogens with zero attached hydrogens (tertiary/aromatic N) is 1. The second-order valence-corrected chi connectivity index (χ2v) is 13.8. The highest BCUT2D eigenvalue weighted by molar-refractivity contribution is 7.92. The van der Waals surface area contributed by atoms with Crippen molar-refractivity contribution < 1.29 is 27.5 Å². The lowest BCUT2D eigenvalue weighted by Crippen LogP contribution is -2.57. The van der Waals surface area contributed by atoms with Crippen LogP contribution in [0.25, 0.3) is 0 Å². The van der Waals surface area contributed by atoms with Crippen LogP contribution in [-0.4, -0.2) is 47.3 Å². The lowest BCUT2D eigenvalue weighted by atomic mass is 9.67. The summed E-state index contributed by atoms with van der Waals surface area (Å²) in [6, 6.07) is 9.54. The Morgan fingerprint density at radius 1 is 1.14 bits per heavy atom. The van der Waals surface area contributed by atoms with Crippen LogP contribution in [0, 0.1) is 11.2 Å². The SMILES string of the molecule is CC[C@@H](CS(=O)(=O)C(C)C)N1C(=O)[C@](C)(CC(=O)O)C[C@H](c2cc(F)cc(Cl)c2)[C@H]1c1ccc(Cl)cc1. The van der Waals surface area contributed by atoms with Gasteiger partial charge in [-0.1, -0.05) is 49.2 Å². The number of hydrogen-bond donors (Lipinski definition) is 1. The molecule has 202 valence electrons. The second-order valence-electron chi connectivity index (χ2n) is 10.3. The summed E-state index contributed by atoms with van der Waals surface area (Å²) in [7, 11) is -3.56. The quantitative estimate of drug-likeness (QED) is 0.382. The van der Waals surface area contributed by atoms with E-state index in [1.165, 1.54) is 17.0 Å². The lowest BCUT2D eigenvalue weighted by Gasteiger charge is -2.51. The molecule has 10 heteroatoms. The number of benzene rings is 2. The zero-order chi connectivity index (χ0) is 27.7. The van der Waals surface area contributed by atoms with Gasteiger partial charge < -0.3 is 10.0 Å². The van der Waals surface area contributed by atoms with Gasteiger partial charge in [-0.3, -0.25) is 9.59 Å². The maximum absolute atomic E-state index is 14.5. The monoisotopic (exact) mass is 571 g/mol. The van der Waals surface area contributed by atoms with Crippen LogP contribution < -0.4 is 0 Å². The number of carbonyl (C=O) groups is 2. The predicted molar refractivity (Wildman–Crippen MR) is 143 cm³/mol. The standard InChI is InChI=1S/C27H32Cl2FNO5S/c1-5-22(15-37(35,36)16(2)3)31-25(17-6-8-19(28)9-7-17)23(18-10-20(29)12-21(30)11-18)13-27(4,26(31)34)14-24(32)33/h6-12,16,22-23,25H,5,13-15H2,1-4H3,(H,32,33)/t22-,23+,25+,27-/m0/s1. The summed E-state index contributed by atoms with van der Waals surface area (Å²) in [4.78, 5) is 27.5. The maximum atomic E-state index is 14.5. The van der Waals surface area contributed by atoms with Crippen molar-refractivity contribution in [3.8, 4) is 0 Å². The molecule has 1 N–H and O–H groups in total. The van der Waals surface area contributed by atoms with E-state index in [4.69, 9.17) is 23.2 Å². The second kappa shape index (κ2) is 11.3. The number of aliphatic carboxylic acids is 1. The van der Waals surface area contributed by atoms with E-state index in [0.717, 1.165) is 0 Å². The highest BCUT2D eigenvalue weighted by Gasteiger charge is 2.52. The van der Waals surface area contributed by atoms with Gasteiger partial charge in [-0.25, -0.2) is 12.8 Å². The van der Waals surface area contributed by atoms with Crippen molar-refractivity contribution in [2.75, 3.05) is 5.75 Å². The molecule has 0 spiro atoms. The molecule has 4 atom stereocenters. The molecule has 0 aromatic heterocycles. The van der Waals surface area contributed by atoms with Gasteiger partial charge in [0.15, 0.2) is 9.84 Å². The molecule has 2 aromatic carbocycles. The number of likely N-dealkylation sites (tertiary alicyclic amines) is 1. The Labute approximate surface area is 227 Å². The van der Waals surface area contributed by atoms with Crippen molar-refractivity contribution in [3.05, 3.63) is 69.5 Å². The Balaban J connectivity index is 2.29. The third-order valence-electron chi connectivity index (χ3n) is 7.18. The van der Waals surface area contributed by atoms with Crippen LogP contribution in [-0.2, 0) is 19.4 Å². The summed E-state index contributed by atoms with van der Waals surface area (Å²) >= 11 is 12.3. The largest absolute Gasteiger partial charge is 0.481 e. The molecule has 1 heterocycles. The number of halogens is 3. The van der Waals surface area contributed by atoms with E-state index in [1.54, 1.807) is 58.0 Å². The number of piperidine rings is 1. The highest BCUT2D eigenvalue weighted by Crippen LogP contribution is 2.52. The lowest BCUT2D eigenvalue weighted by molar-refractivity contribution is -0.160. The average Bonchev–Trinajstić information content (AvgIpc) is 2.78. The van der Waals surface area contributed by atoms with Crippen molar-refractivity contribution in [2.45, 2.75) is 70.2 Å². The maximum Gasteiger partial charge on any atom is 0.304 e. The van der Waals surface area contributed by atoms with Crippen LogP contribution in [0.3, 0.4) is 0 Å². The molecule has 1 aliphatic heterocycles. The number of sulfone groups is 1. The van der Waals surface area contributed by atoms with E-state index < -0.39 is 62.6 Å². The number of hydrogen-bond acceptors (Lipinski definition) is 4. The predicted octanol–water partition coefficient (Wildman–Crippen LogP) is 6.27. The molecule has 37 heavy (non-hydrogen) atoms. The number of carboxylic acids is 1. The van der Waals surface area contributed by atoms with Crippen LogP contribution in [0.1, 0.15) is 70.0 Å². The minimum absolute atomic E-state index is 0.106. The first-order valence-corrected chi connectivity index (χ1v) is 14.6. The van der Waals surface area contributed by atoms with Crippen molar-refractivity contribution in [3.63, 3.8) is 0 Å². The van der Waals surface area contributed by atoms with E-state index >= 15 is 0 Å². The first-order valence-electron chi connectivity index (χ1n) is 12.2. The van der Waals surface area contributed by atoms with Crippen LogP contribution in [0.5, 0.6) is 0 Å². The van der Waals surface area contributed by atoms with Gasteiger partial charge in [0.25, 0.3) is 0 Å². The van der Waals surface area contributed by atoms with Crippen molar-refractivity contribution >= 4 is 44.9 Å². The number of amides is 1. The van der Waals surface area contributed by atoms with Gasteiger partial charge in [-0.2, -0.15) is 0 Å². The van der Waals surface area contributed by atoms with E-state index in [2.05, 4.69) is 0 Å². The molecule has 2 aromatic rings. The van der Waals surface area contributed by atoms with Gasteiger partial charge in [0, 0.05) is 22.0 Å². The van der Waals surface area contributed by atoms with Crippen molar-refractivity contribution in [1.82, 2.24) is 4.90 Å². The fourth-order valence-electron chi connectivity index (χ4n) is 5.19. The first-order chi connectivity index (χ1) is 17.2. The molecule has 6 nitrogen and oxygen atoms in total. The normalized spacial score (nSPS) is 23.4. The summed E-state index contributed by atoms with van der Waals surface area (Å²) in [5.41, 5.74) is -0.172. The number of carboxylic acid groups (broad SMARTS) is 1. The molecule has 0 unspecified atom stereocenters. The Kier molecular flexibility index (Phi) is 8.97. The third-order valence-corrected chi connectivity index (χ3v) is 9.93. The van der Waals surface area contributed by atoms with Gasteiger partial charge in [0.05, 0.1) is 28.9 Å². The smallest absolute Gasteiger partial charge is 0.304 e. The Morgan fingerprint density at radius 2 is 1.76 bits per heavy atom. The summed E-state index contributed by atoms with van der Waals surface area (Å²) in [6.07, 6.45) is -0.0286. The van der Waals surface area contributed by atoms with E-state index in [-0.39, 0.29) is 17.2 Å². The highest BCUT2D eigenvalue weighted by atomic mass is 35.5. The Bertz CT molecular complexity index is 1250. The van der Waals surface area contributed by atoms with Gasteiger partial charge in [0.2, 0.25) is 5.91 Å². The molecule has 0 bridgehead atoms. The summed E-state index contributed by atoms with van der Waals surface area (Å²) < 4.78 is 40.5. The van der Waals surface area contributed by atoms with Crippen LogP contribution in [0.4, 0.5) is 4.39 Å². The molecule has 1 saturated heterocycles. The van der Waals surface area contributed by atoms with Crippen LogP contribution in [0.2, 0.25) is 10.0 Å². The van der Waals surface area contributed by atoms with Gasteiger partial charge in [-0.05, 0) is 68.1 Å². The Hall–Kier alpha value is -2.16. The van der Waals surface area contributed by atoms with Crippen LogP contribution >= 0.6 is 23.2 Å². The summed E-state index contributed by atoms with van der Waals surface area (Å²) in [5.74, 6) is -3.00. The number of rotatable bonds is 9. The average molecular weight is 573 g/mol. The number of carbonyl (C=O) groups excluding carboxylic acids is 1. The van der Waals surface area contributed by atoms with Gasteiger partial charge in [-0.15, -0.1) is 0 Å². The molecule has 1 amide bonds. The third kappa shape index (κ3) is 6.47. The first kappa shape index (κ1) is 29.4. The summed E-state index contributed by atoms with van der Waals surface area (Å²) in [6.45, 7) is 6.54. The van der Waals surface area contributed by atoms with Gasteiger partial charge >= 0.3 is 5.97 Å². The fraction of sp³-hybridized carbons (Fsp3) is 0.481. The molecule has 0 saturated carbocycles. The Morgan fingerprint density at radius 3 is 2.27 bits per heavy atom. The minimum Gasteiger partial charge on any atom is -0.481 e. The van der Waals surface area contributed by atoms with E-state index in [9.17, 15) is 27.5 Å². The van der Waals surface area contributed by atoms with Gasteiger partial charge in [0.1, 0.15) is 5.82 Å². The minimum atomic E-state index is -3.56.